The van der Waals surface area contributed by atoms with E-state index in [1.54, 1.807) is 14.2 Å². The number of nitrogen functional groups attached to an aromatic ring is 2. The van der Waals surface area contributed by atoms with Gasteiger partial charge < -0.3 is 25.8 Å². The quantitative estimate of drug-likeness (QED) is 0.717. The maximum Gasteiger partial charge on any atom is 0.224 e. The summed E-state index contributed by atoms with van der Waals surface area (Å²) in [4.78, 5) is 14.8. The molecule has 0 unspecified atom stereocenters. The van der Waals surface area contributed by atoms with Crippen molar-refractivity contribution in [2.45, 2.75) is 13.5 Å². The van der Waals surface area contributed by atoms with Crippen molar-refractivity contribution in [2.24, 2.45) is 0 Å². The van der Waals surface area contributed by atoms with E-state index >= 15 is 0 Å². The van der Waals surface area contributed by atoms with Crippen molar-refractivity contribution in [3.8, 4) is 11.5 Å². The third-order valence-corrected chi connectivity index (χ3v) is 4.15. The Labute approximate surface area is 151 Å². The number of rotatable bonds is 5. The molecule has 0 amide bonds. The molecule has 0 bridgehead atoms. The average Bonchev–Trinajstić information content (AvgIpc) is 2.60. The number of fused-ring (bicyclic) bond motifs is 1. The molecule has 3 aromatic rings. The molecule has 2 aromatic heterocycles. The molecule has 0 aliphatic rings. The number of nitrogens with two attached hydrogens (primary N) is 2. The number of pyridine rings is 1. The van der Waals surface area contributed by atoms with Crippen molar-refractivity contribution in [1.29, 1.82) is 0 Å². The Morgan fingerprint density at radius 3 is 2.42 bits per heavy atom. The van der Waals surface area contributed by atoms with Gasteiger partial charge in [0.15, 0.2) is 17.1 Å². The highest BCUT2D eigenvalue weighted by Gasteiger charge is 2.13. The van der Waals surface area contributed by atoms with Crippen LogP contribution in [0.4, 0.5) is 17.6 Å². The number of aryl methyl sites for hydroxylation is 1. The van der Waals surface area contributed by atoms with Crippen LogP contribution in [0.25, 0.3) is 11.0 Å². The van der Waals surface area contributed by atoms with E-state index in [-0.39, 0.29) is 5.95 Å². The largest absolute Gasteiger partial charge is 0.493 e. The molecule has 8 nitrogen and oxygen atoms in total. The van der Waals surface area contributed by atoms with E-state index in [9.17, 15) is 0 Å². The van der Waals surface area contributed by atoms with Gasteiger partial charge in [0.1, 0.15) is 11.6 Å². The minimum absolute atomic E-state index is 0.113. The van der Waals surface area contributed by atoms with Gasteiger partial charge in [0, 0.05) is 13.6 Å². The van der Waals surface area contributed by atoms with Crippen molar-refractivity contribution in [3.05, 3.63) is 35.4 Å². The Morgan fingerprint density at radius 1 is 1.00 bits per heavy atom. The number of aromatic nitrogens is 3. The Bertz CT molecular complexity index is 960. The van der Waals surface area contributed by atoms with Crippen LogP contribution in [-0.2, 0) is 6.54 Å². The zero-order chi connectivity index (χ0) is 18.8. The van der Waals surface area contributed by atoms with Gasteiger partial charge in [-0.25, -0.2) is 4.98 Å². The lowest BCUT2D eigenvalue weighted by Gasteiger charge is -2.20. The summed E-state index contributed by atoms with van der Waals surface area (Å²) in [6, 6.07) is 7.78. The summed E-state index contributed by atoms with van der Waals surface area (Å²) in [5.41, 5.74) is 14.2. The van der Waals surface area contributed by atoms with Gasteiger partial charge in [-0.3, -0.25) is 0 Å². The van der Waals surface area contributed by atoms with Gasteiger partial charge in [-0.05, 0) is 36.2 Å². The van der Waals surface area contributed by atoms with Crippen LogP contribution in [-0.4, -0.2) is 36.2 Å². The molecule has 0 saturated carbocycles. The van der Waals surface area contributed by atoms with Gasteiger partial charge in [-0.15, -0.1) is 0 Å². The van der Waals surface area contributed by atoms with Crippen LogP contribution >= 0.6 is 0 Å². The van der Waals surface area contributed by atoms with Crippen molar-refractivity contribution < 1.29 is 9.47 Å². The lowest BCUT2D eigenvalue weighted by molar-refractivity contribution is 0.354. The second kappa shape index (κ2) is 6.91. The number of hydrogen-bond acceptors (Lipinski definition) is 8. The Balaban J connectivity index is 1.94. The molecule has 136 valence electrons. The SMILES string of the molecule is COc1ccc(CN(C)c2cc(C)c3c(N)nc(N)nc3n2)cc1OC. The summed E-state index contributed by atoms with van der Waals surface area (Å²) in [5.74, 6) is 2.60. The van der Waals surface area contributed by atoms with Crippen LogP contribution in [0, 0.1) is 6.92 Å². The Kier molecular flexibility index (Phi) is 4.66. The van der Waals surface area contributed by atoms with Crippen molar-refractivity contribution in [1.82, 2.24) is 15.0 Å². The number of methoxy groups -OCH3 is 2. The van der Waals surface area contributed by atoms with E-state index in [0.29, 0.717) is 29.5 Å². The minimum atomic E-state index is 0.113. The van der Waals surface area contributed by atoms with Gasteiger partial charge >= 0.3 is 0 Å². The zero-order valence-electron chi connectivity index (χ0n) is 15.3. The highest BCUT2D eigenvalue weighted by molar-refractivity contribution is 5.90. The fourth-order valence-electron chi connectivity index (χ4n) is 2.88. The second-order valence-electron chi connectivity index (χ2n) is 6.01. The summed E-state index contributed by atoms with van der Waals surface area (Å²) in [7, 11) is 5.19. The highest BCUT2D eigenvalue weighted by atomic mass is 16.5. The summed E-state index contributed by atoms with van der Waals surface area (Å²) in [5, 5.41) is 0.725. The van der Waals surface area contributed by atoms with Crippen LogP contribution in [0.5, 0.6) is 11.5 Å². The summed E-state index contributed by atoms with van der Waals surface area (Å²) >= 11 is 0. The zero-order valence-corrected chi connectivity index (χ0v) is 15.3. The fraction of sp³-hybridized carbons (Fsp3) is 0.278. The van der Waals surface area contributed by atoms with Crippen molar-refractivity contribution in [3.63, 3.8) is 0 Å². The third-order valence-electron chi connectivity index (χ3n) is 4.15. The molecule has 0 spiro atoms. The summed E-state index contributed by atoms with van der Waals surface area (Å²) in [6.45, 7) is 2.59. The van der Waals surface area contributed by atoms with E-state index < -0.39 is 0 Å². The van der Waals surface area contributed by atoms with Gasteiger partial charge in [0.2, 0.25) is 5.95 Å². The van der Waals surface area contributed by atoms with Gasteiger partial charge in [-0.1, -0.05) is 6.07 Å². The molecule has 3 rings (SSSR count). The topological polar surface area (TPSA) is 112 Å². The lowest BCUT2D eigenvalue weighted by Crippen LogP contribution is -2.18. The average molecular weight is 354 g/mol. The standard InChI is InChI=1S/C18H22N6O2/c1-10-7-14(21-17-15(10)16(19)22-18(20)23-17)24(2)9-11-5-6-12(25-3)13(8-11)26-4/h5-8H,9H2,1-4H3,(H4,19,20,21,22,23). The van der Waals surface area contributed by atoms with Crippen LogP contribution in [0.2, 0.25) is 0 Å². The monoisotopic (exact) mass is 354 g/mol. The molecule has 2 heterocycles. The first kappa shape index (κ1) is 17.5. The second-order valence-corrected chi connectivity index (χ2v) is 6.01. The minimum Gasteiger partial charge on any atom is -0.493 e. The number of ether oxygens (including phenoxy) is 2. The molecule has 0 aliphatic heterocycles. The van der Waals surface area contributed by atoms with Gasteiger partial charge in [-0.2, -0.15) is 9.97 Å². The molecule has 4 N–H and O–H groups in total. The first-order valence-electron chi connectivity index (χ1n) is 8.05. The van der Waals surface area contributed by atoms with Crippen molar-refractivity contribution in [2.75, 3.05) is 37.6 Å². The van der Waals surface area contributed by atoms with Crippen molar-refractivity contribution >= 4 is 28.6 Å². The van der Waals surface area contributed by atoms with E-state index in [2.05, 4.69) is 15.0 Å². The van der Waals surface area contributed by atoms with Crippen LogP contribution < -0.4 is 25.8 Å². The normalized spacial score (nSPS) is 10.8. The number of anilines is 3. The van der Waals surface area contributed by atoms with Gasteiger partial charge in [0.05, 0.1) is 19.6 Å². The first-order chi connectivity index (χ1) is 12.4. The Morgan fingerprint density at radius 2 is 1.73 bits per heavy atom. The fourth-order valence-corrected chi connectivity index (χ4v) is 2.88. The van der Waals surface area contributed by atoms with E-state index in [1.807, 2.05) is 43.1 Å². The summed E-state index contributed by atoms with van der Waals surface area (Å²) < 4.78 is 10.6. The van der Waals surface area contributed by atoms with E-state index in [0.717, 1.165) is 22.3 Å². The predicted molar refractivity (Wildman–Crippen MR) is 103 cm³/mol. The number of nitrogens with zero attached hydrogens (tertiary/aromatic N) is 4. The van der Waals surface area contributed by atoms with Crippen LogP contribution in [0.3, 0.4) is 0 Å². The molecule has 0 saturated heterocycles. The maximum absolute atomic E-state index is 5.96. The number of hydrogen-bond donors (Lipinski definition) is 2. The van der Waals surface area contributed by atoms with E-state index in [1.165, 1.54) is 0 Å². The van der Waals surface area contributed by atoms with Crippen LogP contribution in [0.1, 0.15) is 11.1 Å². The lowest BCUT2D eigenvalue weighted by atomic mass is 10.1. The highest BCUT2D eigenvalue weighted by Crippen LogP contribution is 2.29. The summed E-state index contributed by atoms with van der Waals surface area (Å²) in [6.07, 6.45) is 0. The number of benzene rings is 1. The van der Waals surface area contributed by atoms with Gasteiger partial charge in [0.25, 0.3) is 0 Å². The first-order valence-corrected chi connectivity index (χ1v) is 8.05. The maximum atomic E-state index is 5.96. The molecule has 8 heteroatoms. The van der Waals surface area contributed by atoms with Crippen LogP contribution in [0.15, 0.2) is 24.3 Å². The molecule has 0 radical (unpaired) electrons. The molecule has 0 aliphatic carbocycles. The van der Waals surface area contributed by atoms with E-state index in [4.69, 9.17) is 20.9 Å². The molecular weight excluding hydrogens is 332 g/mol. The molecule has 26 heavy (non-hydrogen) atoms. The Hall–Kier alpha value is -3.29. The third kappa shape index (κ3) is 3.26. The molecule has 1 aromatic carbocycles. The predicted octanol–water partition coefficient (Wildman–Crippen LogP) is 2.15. The molecular formula is C18H22N6O2. The molecule has 0 fully saturated rings. The molecule has 0 atom stereocenters. The smallest absolute Gasteiger partial charge is 0.224 e.